The highest BCUT2D eigenvalue weighted by molar-refractivity contribution is 8.10. The first-order valence-corrected chi connectivity index (χ1v) is 6.17. The van der Waals surface area contributed by atoms with E-state index >= 15 is 0 Å². The second-order valence-corrected chi connectivity index (χ2v) is 5.58. The van der Waals surface area contributed by atoms with Crippen LogP contribution in [-0.4, -0.2) is 22.7 Å². The van der Waals surface area contributed by atoms with E-state index in [0.717, 1.165) is 6.42 Å². The van der Waals surface area contributed by atoms with Gasteiger partial charge in [-0.05, 0) is 18.1 Å². The molecule has 0 aromatic rings. The number of rotatable bonds is 2. The van der Waals surface area contributed by atoms with E-state index in [-0.39, 0.29) is 18.3 Å². The maximum Gasteiger partial charge on any atom is 0.217 e. The third-order valence-electron chi connectivity index (χ3n) is 3.14. The average molecular weight is 244 g/mol. The van der Waals surface area contributed by atoms with Crippen LogP contribution in [0.15, 0.2) is 12.2 Å². The van der Waals surface area contributed by atoms with Crippen LogP contribution in [0.1, 0.15) is 20.3 Å². The van der Waals surface area contributed by atoms with Crippen molar-refractivity contribution in [2.45, 2.75) is 38.6 Å². The summed E-state index contributed by atoms with van der Waals surface area (Å²) in [5.74, 6) is 0.900. The smallest absolute Gasteiger partial charge is 0.217 e. The van der Waals surface area contributed by atoms with Crippen molar-refractivity contribution in [2.24, 2.45) is 11.8 Å². The summed E-state index contributed by atoms with van der Waals surface area (Å²) in [6.45, 7) is 4.39. The maximum absolute atomic E-state index is 5.82. The second kappa shape index (κ2) is 4.44. The van der Waals surface area contributed by atoms with Gasteiger partial charge >= 0.3 is 0 Å². The van der Waals surface area contributed by atoms with Gasteiger partial charge in [-0.15, -0.1) is 0 Å². The molecule has 2 nitrogen and oxygen atoms in total. The van der Waals surface area contributed by atoms with Gasteiger partial charge in [-0.25, -0.2) is 0 Å². The SMILES string of the molecule is CC(C)[C@H]1[C@H]2C=C[C@@H](C[C@H]1OC(=S)S)O2. The van der Waals surface area contributed by atoms with E-state index in [2.05, 4.69) is 38.6 Å². The third-order valence-corrected chi connectivity index (χ3v) is 3.34. The van der Waals surface area contributed by atoms with E-state index in [1.165, 1.54) is 0 Å². The van der Waals surface area contributed by atoms with Gasteiger partial charge in [0.1, 0.15) is 6.10 Å². The topological polar surface area (TPSA) is 18.5 Å². The molecule has 0 N–H and O–H groups in total. The Balaban J connectivity index is 2.12. The van der Waals surface area contributed by atoms with Crippen molar-refractivity contribution < 1.29 is 9.47 Å². The zero-order valence-electron chi connectivity index (χ0n) is 8.92. The minimum absolute atomic E-state index is 0.147. The Kier molecular flexibility index (Phi) is 3.38. The average Bonchev–Trinajstić information content (AvgIpc) is 2.46. The van der Waals surface area contributed by atoms with Crippen molar-refractivity contribution >= 4 is 29.2 Å². The van der Waals surface area contributed by atoms with E-state index in [1.54, 1.807) is 0 Å². The van der Waals surface area contributed by atoms with Crippen molar-refractivity contribution in [3.05, 3.63) is 12.2 Å². The zero-order chi connectivity index (χ0) is 11.0. The van der Waals surface area contributed by atoms with Crippen LogP contribution in [-0.2, 0) is 9.47 Å². The fourth-order valence-corrected chi connectivity index (χ4v) is 2.80. The van der Waals surface area contributed by atoms with Crippen LogP contribution < -0.4 is 0 Å². The predicted octanol–water partition coefficient (Wildman–Crippen LogP) is 2.59. The molecule has 4 heteroatoms. The molecule has 0 saturated carbocycles. The molecule has 0 aliphatic carbocycles. The zero-order valence-corrected chi connectivity index (χ0v) is 10.6. The van der Waals surface area contributed by atoms with Crippen molar-refractivity contribution in [1.29, 1.82) is 0 Å². The molecule has 0 aromatic carbocycles. The Labute approximate surface area is 101 Å². The summed E-state index contributed by atoms with van der Waals surface area (Å²) in [6.07, 6.45) is 5.71. The standard InChI is InChI=1S/C11H16O2S2/c1-6(2)10-8-4-3-7(12-8)5-9(10)13-11(14)15/h3-4,6-10H,5H2,1-2H3,(H,14,15)/t7-,8+,9+,10-/m0/s1. The summed E-state index contributed by atoms with van der Waals surface area (Å²) < 4.78 is 11.8. The predicted molar refractivity (Wildman–Crippen MR) is 67.2 cm³/mol. The minimum Gasteiger partial charge on any atom is -0.475 e. The Morgan fingerprint density at radius 3 is 2.87 bits per heavy atom. The van der Waals surface area contributed by atoms with Crippen LogP contribution in [0.3, 0.4) is 0 Å². The molecule has 2 bridgehead atoms. The minimum atomic E-state index is 0.147. The number of hydrogen-bond donors (Lipinski definition) is 1. The van der Waals surface area contributed by atoms with Crippen molar-refractivity contribution in [2.75, 3.05) is 0 Å². The van der Waals surface area contributed by atoms with Crippen LogP contribution in [0.2, 0.25) is 0 Å². The van der Waals surface area contributed by atoms with Crippen molar-refractivity contribution in [1.82, 2.24) is 0 Å². The molecular weight excluding hydrogens is 228 g/mol. The first-order chi connectivity index (χ1) is 7.08. The Bertz CT molecular complexity index is 288. The van der Waals surface area contributed by atoms with Gasteiger partial charge in [0.25, 0.3) is 0 Å². The number of thiol groups is 1. The quantitative estimate of drug-likeness (QED) is 0.457. The third kappa shape index (κ3) is 2.37. The lowest BCUT2D eigenvalue weighted by Gasteiger charge is -2.38. The van der Waals surface area contributed by atoms with Crippen LogP contribution in [0.4, 0.5) is 0 Å². The highest BCUT2D eigenvalue weighted by Gasteiger charge is 2.42. The first kappa shape index (κ1) is 11.4. The van der Waals surface area contributed by atoms with E-state index in [0.29, 0.717) is 16.2 Å². The molecule has 84 valence electrons. The monoisotopic (exact) mass is 244 g/mol. The molecule has 0 radical (unpaired) electrons. The molecular formula is C11H16O2S2. The van der Waals surface area contributed by atoms with E-state index in [1.807, 2.05) is 0 Å². The van der Waals surface area contributed by atoms with Crippen LogP contribution in [0.25, 0.3) is 0 Å². The molecule has 0 unspecified atom stereocenters. The molecule has 1 fully saturated rings. The molecule has 0 aromatic heterocycles. The molecule has 1 saturated heterocycles. The van der Waals surface area contributed by atoms with Crippen LogP contribution in [0, 0.1) is 11.8 Å². The fourth-order valence-electron chi connectivity index (χ4n) is 2.54. The molecule has 4 atom stereocenters. The summed E-state index contributed by atoms with van der Waals surface area (Å²) in [6, 6.07) is 0. The fraction of sp³-hybridized carbons (Fsp3) is 0.727. The molecule has 15 heavy (non-hydrogen) atoms. The molecule has 2 aliphatic rings. The number of hydrogen-bond acceptors (Lipinski definition) is 3. The first-order valence-electron chi connectivity index (χ1n) is 5.31. The lowest BCUT2D eigenvalue weighted by molar-refractivity contribution is -0.0932. The second-order valence-electron chi connectivity index (χ2n) is 4.50. The number of thiocarbonyl (C=S) groups is 1. The molecule has 0 spiro atoms. The van der Waals surface area contributed by atoms with Gasteiger partial charge < -0.3 is 9.47 Å². The summed E-state index contributed by atoms with van der Waals surface area (Å²) in [4.78, 5) is 0. The van der Waals surface area contributed by atoms with Gasteiger partial charge in [-0.3, -0.25) is 0 Å². The number of ether oxygens (including phenoxy) is 2. The summed E-state index contributed by atoms with van der Waals surface area (Å²) >= 11 is 8.94. The van der Waals surface area contributed by atoms with E-state index < -0.39 is 0 Å². The molecule has 2 aliphatic heterocycles. The van der Waals surface area contributed by atoms with Crippen molar-refractivity contribution in [3.8, 4) is 0 Å². The van der Waals surface area contributed by atoms with Gasteiger partial charge in [-0.2, -0.15) is 0 Å². The normalized spacial score (nSPS) is 38.4. The van der Waals surface area contributed by atoms with E-state index in [4.69, 9.17) is 21.7 Å². The summed E-state index contributed by atoms with van der Waals surface area (Å²) in [5, 5.41) is 0. The highest BCUT2D eigenvalue weighted by Crippen LogP contribution is 2.37. The summed E-state index contributed by atoms with van der Waals surface area (Å²) in [5.41, 5.74) is 0. The van der Waals surface area contributed by atoms with Gasteiger partial charge in [0.2, 0.25) is 4.38 Å². The Morgan fingerprint density at radius 1 is 1.53 bits per heavy atom. The van der Waals surface area contributed by atoms with Gasteiger partial charge in [-0.1, -0.05) is 38.6 Å². The molecule has 0 amide bonds. The lowest BCUT2D eigenvalue weighted by atomic mass is 9.83. The Hall–Kier alpha value is -0.0600. The summed E-state index contributed by atoms with van der Waals surface area (Å²) in [7, 11) is 0. The largest absolute Gasteiger partial charge is 0.475 e. The van der Waals surface area contributed by atoms with E-state index in [9.17, 15) is 0 Å². The van der Waals surface area contributed by atoms with Gasteiger partial charge in [0.15, 0.2) is 0 Å². The van der Waals surface area contributed by atoms with Gasteiger partial charge in [0, 0.05) is 12.3 Å². The lowest BCUT2D eigenvalue weighted by Crippen LogP contribution is -2.44. The van der Waals surface area contributed by atoms with Crippen LogP contribution in [0.5, 0.6) is 0 Å². The Morgan fingerprint density at radius 2 is 2.27 bits per heavy atom. The number of fused-ring (bicyclic) bond motifs is 2. The van der Waals surface area contributed by atoms with Crippen LogP contribution >= 0.6 is 24.8 Å². The van der Waals surface area contributed by atoms with Crippen molar-refractivity contribution in [3.63, 3.8) is 0 Å². The molecule has 2 heterocycles. The maximum atomic E-state index is 5.82. The molecule has 2 rings (SSSR count). The van der Waals surface area contributed by atoms with Gasteiger partial charge in [0.05, 0.1) is 12.2 Å². The highest BCUT2D eigenvalue weighted by atomic mass is 32.1.